The van der Waals surface area contributed by atoms with Gasteiger partial charge in [-0.3, -0.25) is 9.69 Å². The van der Waals surface area contributed by atoms with Gasteiger partial charge in [0.25, 0.3) is 0 Å². The molecule has 2 unspecified atom stereocenters. The number of nitrogen functional groups attached to an aromatic ring is 1. The van der Waals surface area contributed by atoms with Crippen LogP contribution in [-0.4, -0.2) is 29.9 Å². The lowest BCUT2D eigenvalue weighted by Crippen LogP contribution is -2.44. The summed E-state index contributed by atoms with van der Waals surface area (Å²) in [5.41, 5.74) is 8.24. The number of aryl methyl sites for hydroxylation is 1. The number of carbonyl (C=O) groups excluding carboxylic acids is 1. The molecule has 1 rings (SSSR count). The van der Waals surface area contributed by atoms with E-state index in [2.05, 4.69) is 24.1 Å². The van der Waals surface area contributed by atoms with Crippen LogP contribution in [-0.2, 0) is 4.79 Å². The molecule has 0 radical (unpaired) electrons. The number of hydrogen-bond donors (Lipinski definition) is 2. The van der Waals surface area contributed by atoms with Gasteiger partial charge in [-0.15, -0.1) is 0 Å². The van der Waals surface area contributed by atoms with Gasteiger partial charge in [-0.1, -0.05) is 13.3 Å². The Morgan fingerprint density at radius 2 is 2.05 bits per heavy atom. The molecule has 0 bridgehead atoms. The van der Waals surface area contributed by atoms with Gasteiger partial charge in [-0.25, -0.2) is 0 Å². The predicted octanol–water partition coefficient (Wildman–Crippen LogP) is 3.02. The number of nitrogens with one attached hydrogen (secondary N) is 1. The number of amides is 1. The van der Waals surface area contributed by atoms with Crippen LogP contribution < -0.4 is 11.1 Å². The molecule has 0 heterocycles. The topological polar surface area (TPSA) is 58.4 Å². The Kier molecular flexibility index (Phi) is 6.02. The third-order valence-corrected chi connectivity index (χ3v) is 3.90. The van der Waals surface area contributed by atoms with Gasteiger partial charge in [0.05, 0.1) is 6.04 Å². The van der Waals surface area contributed by atoms with E-state index in [1.165, 1.54) is 0 Å². The van der Waals surface area contributed by atoms with Crippen molar-refractivity contribution in [1.29, 1.82) is 0 Å². The number of nitrogens with zero attached hydrogens (tertiary/aromatic N) is 1. The molecule has 1 amide bonds. The Hall–Kier alpha value is -1.55. The summed E-state index contributed by atoms with van der Waals surface area (Å²) >= 11 is 0. The lowest BCUT2D eigenvalue weighted by molar-refractivity contribution is -0.121. The second-order valence-corrected chi connectivity index (χ2v) is 5.54. The lowest BCUT2D eigenvalue weighted by Gasteiger charge is -2.30. The number of anilines is 2. The molecule has 0 spiro atoms. The number of nitrogens with two attached hydrogens (primary N) is 1. The lowest BCUT2D eigenvalue weighted by atomic mass is 10.1. The second-order valence-electron chi connectivity index (χ2n) is 5.54. The van der Waals surface area contributed by atoms with E-state index >= 15 is 0 Å². The molecule has 112 valence electrons. The SMILES string of the molecule is CCCC(C)N(C)C(C)C(=O)Nc1ccc(N)cc1C. The third-order valence-electron chi connectivity index (χ3n) is 3.90. The van der Waals surface area contributed by atoms with Crippen molar-refractivity contribution in [3.05, 3.63) is 23.8 Å². The number of carbonyl (C=O) groups is 1. The van der Waals surface area contributed by atoms with Gasteiger partial charge in [0, 0.05) is 17.4 Å². The molecule has 1 aromatic carbocycles. The van der Waals surface area contributed by atoms with Crippen molar-refractivity contribution in [3.8, 4) is 0 Å². The standard InChI is InChI=1S/C16H27N3O/c1-6-7-12(3)19(5)13(4)16(20)18-15-9-8-14(17)10-11(15)2/h8-10,12-13H,6-7,17H2,1-5H3,(H,18,20). The molecular formula is C16H27N3O. The molecule has 0 saturated carbocycles. The smallest absolute Gasteiger partial charge is 0.241 e. The summed E-state index contributed by atoms with van der Waals surface area (Å²) in [6.45, 7) is 8.20. The van der Waals surface area contributed by atoms with Crippen molar-refractivity contribution in [3.63, 3.8) is 0 Å². The van der Waals surface area contributed by atoms with Crippen molar-refractivity contribution in [1.82, 2.24) is 4.90 Å². The molecule has 0 aliphatic heterocycles. The first kappa shape index (κ1) is 16.5. The Morgan fingerprint density at radius 1 is 1.40 bits per heavy atom. The Labute approximate surface area is 122 Å². The first-order valence-electron chi connectivity index (χ1n) is 7.25. The van der Waals surface area contributed by atoms with Crippen molar-refractivity contribution in [2.75, 3.05) is 18.1 Å². The van der Waals surface area contributed by atoms with Crippen LogP contribution in [0.4, 0.5) is 11.4 Å². The van der Waals surface area contributed by atoms with Gasteiger partial charge in [0.1, 0.15) is 0 Å². The molecule has 2 atom stereocenters. The summed E-state index contributed by atoms with van der Waals surface area (Å²) in [5, 5.41) is 2.98. The van der Waals surface area contributed by atoms with Crippen LogP contribution in [0.1, 0.15) is 39.2 Å². The molecular weight excluding hydrogens is 250 g/mol. The normalized spacial score (nSPS) is 14.1. The van der Waals surface area contributed by atoms with Crippen molar-refractivity contribution >= 4 is 17.3 Å². The largest absolute Gasteiger partial charge is 0.399 e. The van der Waals surface area contributed by atoms with E-state index in [0.29, 0.717) is 11.7 Å². The summed E-state index contributed by atoms with van der Waals surface area (Å²) in [5.74, 6) is 0.0170. The summed E-state index contributed by atoms with van der Waals surface area (Å²) < 4.78 is 0. The fraction of sp³-hybridized carbons (Fsp3) is 0.562. The van der Waals surface area contributed by atoms with E-state index in [1.54, 1.807) is 6.07 Å². The van der Waals surface area contributed by atoms with Gasteiger partial charge in [0.2, 0.25) is 5.91 Å². The van der Waals surface area contributed by atoms with Crippen molar-refractivity contribution in [2.45, 2.75) is 52.6 Å². The van der Waals surface area contributed by atoms with E-state index in [0.717, 1.165) is 24.1 Å². The monoisotopic (exact) mass is 277 g/mol. The summed E-state index contributed by atoms with van der Waals surface area (Å²) in [4.78, 5) is 14.4. The van der Waals surface area contributed by atoms with Crippen LogP contribution in [0.2, 0.25) is 0 Å². The molecule has 4 heteroatoms. The fourth-order valence-electron chi connectivity index (χ4n) is 2.25. The predicted molar refractivity (Wildman–Crippen MR) is 85.8 cm³/mol. The van der Waals surface area contributed by atoms with E-state index < -0.39 is 0 Å². The van der Waals surface area contributed by atoms with Gasteiger partial charge in [-0.05, 0) is 58.0 Å². The van der Waals surface area contributed by atoms with E-state index in [-0.39, 0.29) is 11.9 Å². The van der Waals surface area contributed by atoms with Crippen molar-refractivity contribution < 1.29 is 4.79 Å². The first-order chi connectivity index (χ1) is 9.36. The minimum atomic E-state index is -0.159. The highest BCUT2D eigenvalue weighted by Crippen LogP contribution is 2.18. The molecule has 1 aromatic rings. The third kappa shape index (κ3) is 4.23. The minimum Gasteiger partial charge on any atom is -0.399 e. The van der Waals surface area contributed by atoms with E-state index in [4.69, 9.17) is 5.73 Å². The number of hydrogen-bond acceptors (Lipinski definition) is 3. The Morgan fingerprint density at radius 3 is 2.60 bits per heavy atom. The maximum atomic E-state index is 12.3. The molecule has 20 heavy (non-hydrogen) atoms. The highest BCUT2D eigenvalue weighted by atomic mass is 16.2. The molecule has 0 fully saturated rings. The quantitative estimate of drug-likeness (QED) is 0.786. The molecule has 4 nitrogen and oxygen atoms in total. The van der Waals surface area contributed by atoms with E-state index in [9.17, 15) is 4.79 Å². The second kappa shape index (κ2) is 7.29. The molecule has 0 aliphatic rings. The fourth-order valence-corrected chi connectivity index (χ4v) is 2.25. The Balaban J connectivity index is 2.70. The molecule has 0 aromatic heterocycles. The van der Waals surface area contributed by atoms with E-state index in [1.807, 2.05) is 33.0 Å². The Bertz CT molecular complexity index is 459. The van der Waals surface area contributed by atoms with Gasteiger partial charge < -0.3 is 11.1 Å². The van der Waals surface area contributed by atoms with Crippen LogP contribution in [0.25, 0.3) is 0 Å². The summed E-state index contributed by atoms with van der Waals surface area (Å²) in [7, 11) is 2.00. The van der Waals surface area contributed by atoms with Crippen molar-refractivity contribution in [2.24, 2.45) is 0 Å². The molecule has 0 saturated heterocycles. The zero-order valence-corrected chi connectivity index (χ0v) is 13.2. The molecule has 0 aliphatic carbocycles. The maximum absolute atomic E-state index is 12.3. The number of likely N-dealkylation sites (N-methyl/N-ethyl adjacent to an activating group) is 1. The summed E-state index contributed by atoms with van der Waals surface area (Å²) in [6, 6.07) is 5.76. The average molecular weight is 277 g/mol. The van der Waals surface area contributed by atoms with Crippen LogP contribution >= 0.6 is 0 Å². The van der Waals surface area contributed by atoms with Crippen LogP contribution in [0, 0.1) is 6.92 Å². The number of rotatable bonds is 6. The first-order valence-corrected chi connectivity index (χ1v) is 7.25. The van der Waals surface area contributed by atoms with Crippen LogP contribution in [0.3, 0.4) is 0 Å². The molecule has 3 N–H and O–H groups in total. The van der Waals surface area contributed by atoms with Gasteiger partial charge >= 0.3 is 0 Å². The zero-order valence-electron chi connectivity index (χ0n) is 13.2. The van der Waals surface area contributed by atoms with Gasteiger partial charge in [-0.2, -0.15) is 0 Å². The number of benzene rings is 1. The zero-order chi connectivity index (χ0) is 15.3. The van der Waals surface area contributed by atoms with Gasteiger partial charge in [0.15, 0.2) is 0 Å². The van der Waals surface area contributed by atoms with Crippen LogP contribution in [0.15, 0.2) is 18.2 Å². The van der Waals surface area contributed by atoms with Crippen LogP contribution in [0.5, 0.6) is 0 Å². The highest BCUT2D eigenvalue weighted by molar-refractivity contribution is 5.95. The minimum absolute atomic E-state index is 0.0170. The maximum Gasteiger partial charge on any atom is 0.241 e. The highest BCUT2D eigenvalue weighted by Gasteiger charge is 2.22. The average Bonchev–Trinajstić information content (AvgIpc) is 2.40. The summed E-state index contributed by atoms with van der Waals surface area (Å²) in [6.07, 6.45) is 2.21.